The van der Waals surface area contributed by atoms with Gasteiger partial charge in [-0.15, -0.1) is 15.3 Å². The summed E-state index contributed by atoms with van der Waals surface area (Å²) in [5.74, 6) is 0.817. The maximum absolute atomic E-state index is 12.9. The van der Waals surface area contributed by atoms with Gasteiger partial charge in [-0.2, -0.15) is 17.7 Å². The predicted octanol–water partition coefficient (Wildman–Crippen LogP) is 2.38. The normalized spacial score (nSPS) is 25.8. The second kappa shape index (κ2) is 4.32. The van der Waals surface area contributed by atoms with E-state index >= 15 is 0 Å². The lowest BCUT2D eigenvalue weighted by Crippen LogP contribution is -2.23. The standard InChI is InChI=1S/C13H14F3N5/c14-13(15,16)12-18-17-10-4-5-11(19-21(10)12)20-6-8-2-1-3-9(8)7-20/h4-5,8-9H,1-3,6-7H2. The summed E-state index contributed by atoms with van der Waals surface area (Å²) in [6.07, 6.45) is -0.862. The first kappa shape index (κ1) is 12.8. The van der Waals surface area contributed by atoms with Gasteiger partial charge in [-0.1, -0.05) is 6.42 Å². The summed E-state index contributed by atoms with van der Waals surface area (Å²) >= 11 is 0. The number of nitrogens with zero attached hydrogens (tertiary/aromatic N) is 5. The molecule has 1 saturated heterocycles. The topological polar surface area (TPSA) is 46.3 Å². The van der Waals surface area contributed by atoms with E-state index in [1.54, 1.807) is 12.1 Å². The van der Waals surface area contributed by atoms with Crippen molar-refractivity contribution in [3.8, 4) is 0 Å². The first-order valence-electron chi connectivity index (χ1n) is 7.07. The SMILES string of the molecule is FC(F)(F)c1nnc2ccc(N3CC4CCCC4C3)nn12. The highest BCUT2D eigenvalue weighted by Gasteiger charge is 2.39. The van der Waals surface area contributed by atoms with E-state index < -0.39 is 12.0 Å². The third-order valence-electron chi connectivity index (χ3n) is 4.55. The average molecular weight is 297 g/mol. The third-order valence-corrected chi connectivity index (χ3v) is 4.55. The number of fused-ring (bicyclic) bond motifs is 2. The number of hydrogen-bond donors (Lipinski definition) is 0. The molecule has 2 aromatic rings. The van der Waals surface area contributed by atoms with Crippen LogP contribution in [0.4, 0.5) is 19.0 Å². The molecule has 112 valence electrons. The van der Waals surface area contributed by atoms with Crippen molar-refractivity contribution in [1.82, 2.24) is 19.8 Å². The number of rotatable bonds is 1. The fourth-order valence-corrected chi connectivity index (χ4v) is 3.55. The largest absolute Gasteiger partial charge is 0.453 e. The Morgan fingerprint density at radius 3 is 2.43 bits per heavy atom. The maximum atomic E-state index is 12.9. The van der Waals surface area contributed by atoms with Crippen LogP contribution in [0, 0.1) is 11.8 Å². The van der Waals surface area contributed by atoms with Crippen LogP contribution in [0.1, 0.15) is 25.1 Å². The van der Waals surface area contributed by atoms with E-state index in [0.29, 0.717) is 17.7 Å². The van der Waals surface area contributed by atoms with Gasteiger partial charge in [0.05, 0.1) is 0 Å². The molecule has 8 heteroatoms. The van der Waals surface area contributed by atoms with E-state index in [0.717, 1.165) is 17.6 Å². The summed E-state index contributed by atoms with van der Waals surface area (Å²) in [6.45, 7) is 1.76. The second-order valence-electron chi connectivity index (χ2n) is 5.84. The number of aromatic nitrogens is 4. The Morgan fingerprint density at radius 1 is 1.05 bits per heavy atom. The zero-order valence-corrected chi connectivity index (χ0v) is 11.2. The Kier molecular flexibility index (Phi) is 2.64. The first-order valence-corrected chi connectivity index (χ1v) is 7.07. The number of alkyl halides is 3. The fraction of sp³-hybridized carbons (Fsp3) is 0.615. The summed E-state index contributed by atoms with van der Waals surface area (Å²) in [4.78, 5) is 2.08. The third kappa shape index (κ3) is 2.04. The zero-order chi connectivity index (χ0) is 14.6. The van der Waals surface area contributed by atoms with Crippen molar-refractivity contribution in [3.63, 3.8) is 0 Å². The molecule has 0 spiro atoms. The summed E-state index contributed by atoms with van der Waals surface area (Å²) < 4.78 is 39.4. The minimum Gasteiger partial charge on any atom is -0.355 e. The Morgan fingerprint density at radius 2 is 1.76 bits per heavy atom. The van der Waals surface area contributed by atoms with Gasteiger partial charge >= 0.3 is 6.18 Å². The molecule has 2 aliphatic rings. The van der Waals surface area contributed by atoms with Crippen molar-refractivity contribution < 1.29 is 13.2 Å². The van der Waals surface area contributed by atoms with E-state index in [9.17, 15) is 13.2 Å². The minimum absolute atomic E-state index is 0.116. The van der Waals surface area contributed by atoms with Crippen LogP contribution in [0.5, 0.6) is 0 Å². The second-order valence-corrected chi connectivity index (χ2v) is 5.84. The highest BCUT2D eigenvalue weighted by molar-refractivity contribution is 5.47. The van der Waals surface area contributed by atoms with Crippen LogP contribution < -0.4 is 4.90 Å². The zero-order valence-electron chi connectivity index (χ0n) is 11.2. The van der Waals surface area contributed by atoms with Crippen LogP contribution in [-0.4, -0.2) is 32.9 Å². The quantitative estimate of drug-likeness (QED) is 0.811. The van der Waals surface area contributed by atoms with Gasteiger partial charge in [0.2, 0.25) is 0 Å². The molecule has 21 heavy (non-hydrogen) atoms. The van der Waals surface area contributed by atoms with Crippen LogP contribution in [0.15, 0.2) is 12.1 Å². The molecule has 3 heterocycles. The van der Waals surface area contributed by atoms with Crippen LogP contribution in [0.2, 0.25) is 0 Å². The Hall–Kier alpha value is -1.86. The van der Waals surface area contributed by atoms with E-state index in [1.807, 2.05) is 0 Å². The van der Waals surface area contributed by atoms with Crippen molar-refractivity contribution in [3.05, 3.63) is 18.0 Å². The minimum atomic E-state index is -4.55. The molecule has 0 N–H and O–H groups in total. The van der Waals surface area contributed by atoms with Gasteiger partial charge in [0, 0.05) is 13.1 Å². The van der Waals surface area contributed by atoms with Gasteiger partial charge in [-0.3, -0.25) is 0 Å². The van der Waals surface area contributed by atoms with Crippen LogP contribution in [0.25, 0.3) is 5.65 Å². The van der Waals surface area contributed by atoms with Gasteiger partial charge < -0.3 is 4.90 Å². The molecule has 0 bridgehead atoms. The lowest BCUT2D eigenvalue weighted by molar-refractivity contribution is -0.146. The molecule has 5 nitrogen and oxygen atoms in total. The van der Waals surface area contributed by atoms with Gasteiger partial charge in [0.1, 0.15) is 5.82 Å². The monoisotopic (exact) mass is 297 g/mol. The summed E-state index contributed by atoms with van der Waals surface area (Å²) in [5, 5.41) is 10.8. The highest BCUT2D eigenvalue weighted by Crippen LogP contribution is 2.39. The van der Waals surface area contributed by atoms with E-state index in [-0.39, 0.29) is 5.65 Å². The molecule has 2 aromatic heterocycles. The Balaban J connectivity index is 1.70. The molecule has 2 fully saturated rings. The highest BCUT2D eigenvalue weighted by atomic mass is 19.4. The van der Waals surface area contributed by atoms with Crippen molar-refractivity contribution in [1.29, 1.82) is 0 Å². The number of anilines is 1. The summed E-state index contributed by atoms with van der Waals surface area (Å²) in [7, 11) is 0. The van der Waals surface area contributed by atoms with Crippen molar-refractivity contribution in [2.24, 2.45) is 11.8 Å². The molecular formula is C13H14F3N5. The molecule has 1 aliphatic heterocycles. The van der Waals surface area contributed by atoms with Gasteiger partial charge in [0.15, 0.2) is 5.65 Å². The molecule has 4 rings (SSSR count). The molecule has 1 aliphatic carbocycles. The number of halogens is 3. The summed E-state index contributed by atoms with van der Waals surface area (Å²) in [6, 6.07) is 3.27. The Labute approximate surface area is 118 Å². The molecular weight excluding hydrogens is 283 g/mol. The van der Waals surface area contributed by atoms with E-state index in [2.05, 4.69) is 20.2 Å². The van der Waals surface area contributed by atoms with Gasteiger partial charge in [0.25, 0.3) is 5.82 Å². The first-order chi connectivity index (χ1) is 10.0. The van der Waals surface area contributed by atoms with Crippen LogP contribution in [0.3, 0.4) is 0 Å². The van der Waals surface area contributed by atoms with E-state index in [4.69, 9.17) is 0 Å². The smallest absolute Gasteiger partial charge is 0.355 e. The van der Waals surface area contributed by atoms with Gasteiger partial charge in [-0.25, -0.2) is 0 Å². The summed E-state index contributed by atoms with van der Waals surface area (Å²) in [5.41, 5.74) is 0.116. The molecule has 0 radical (unpaired) electrons. The average Bonchev–Trinajstić information content (AvgIpc) is 3.10. The Bertz CT molecular complexity index is 668. The van der Waals surface area contributed by atoms with Crippen molar-refractivity contribution in [2.75, 3.05) is 18.0 Å². The molecule has 2 unspecified atom stereocenters. The molecule has 2 atom stereocenters. The maximum Gasteiger partial charge on any atom is 0.453 e. The number of hydrogen-bond acceptors (Lipinski definition) is 4. The van der Waals surface area contributed by atoms with Gasteiger partial charge in [-0.05, 0) is 36.8 Å². The van der Waals surface area contributed by atoms with Crippen LogP contribution in [-0.2, 0) is 6.18 Å². The van der Waals surface area contributed by atoms with E-state index in [1.165, 1.54) is 19.3 Å². The van der Waals surface area contributed by atoms with Crippen molar-refractivity contribution >= 4 is 11.5 Å². The van der Waals surface area contributed by atoms with Crippen LogP contribution >= 0.6 is 0 Å². The molecule has 0 aromatic carbocycles. The molecule has 0 amide bonds. The fourth-order valence-electron chi connectivity index (χ4n) is 3.55. The lowest BCUT2D eigenvalue weighted by atomic mass is 10.0. The predicted molar refractivity (Wildman–Crippen MR) is 68.8 cm³/mol. The lowest BCUT2D eigenvalue weighted by Gasteiger charge is -2.18. The van der Waals surface area contributed by atoms with Crippen molar-refractivity contribution in [2.45, 2.75) is 25.4 Å². The molecule has 1 saturated carbocycles.